The summed E-state index contributed by atoms with van der Waals surface area (Å²) in [4.78, 5) is 54.6. The molecule has 0 aliphatic carbocycles. The number of amides is 4. The van der Waals surface area contributed by atoms with E-state index in [-0.39, 0.29) is 43.5 Å². The molecule has 1 fully saturated rings. The fourth-order valence-electron chi connectivity index (χ4n) is 4.88. The Bertz CT molecular complexity index is 1010. The number of carbonyl (C=O) groups excluding carboxylic acids is 3. The number of likely N-dealkylation sites (tertiary alicyclic amines) is 1. The van der Waals surface area contributed by atoms with Crippen molar-refractivity contribution in [1.82, 2.24) is 15.1 Å². The van der Waals surface area contributed by atoms with Gasteiger partial charge in [-0.2, -0.15) is 0 Å². The van der Waals surface area contributed by atoms with Crippen molar-refractivity contribution >= 4 is 29.7 Å². The number of nitrogens with one attached hydrogen (secondary N) is 1. The Kier molecular flexibility index (Phi) is 8.65. The molecule has 2 N–H and O–H groups in total. The van der Waals surface area contributed by atoms with Crippen LogP contribution in [0.3, 0.4) is 0 Å². The maximum atomic E-state index is 14.0. The van der Waals surface area contributed by atoms with Gasteiger partial charge in [-0.3, -0.25) is 9.59 Å². The maximum absolute atomic E-state index is 14.0. The Hall–Kier alpha value is -3.50. The van der Waals surface area contributed by atoms with Crippen LogP contribution < -0.4 is 15.0 Å². The van der Waals surface area contributed by atoms with Crippen molar-refractivity contribution in [2.24, 2.45) is 0 Å². The quantitative estimate of drug-likeness (QED) is 0.584. The van der Waals surface area contributed by atoms with E-state index in [1.165, 1.54) is 16.9 Å². The third-order valence-corrected chi connectivity index (χ3v) is 6.65. The van der Waals surface area contributed by atoms with Crippen LogP contribution in [-0.4, -0.2) is 90.4 Å². The molecule has 0 bridgehead atoms. The number of hydrogen-bond acceptors (Lipinski definition) is 6. The number of fused-ring (bicyclic) bond motifs is 1. The van der Waals surface area contributed by atoms with E-state index in [0.717, 1.165) is 5.56 Å². The van der Waals surface area contributed by atoms with Crippen molar-refractivity contribution in [3.05, 3.63) is 23.3 Å². The zero-order valence-electron chi connectivity index (χ0n) is 21.6. The van der Waals surface area contributed by atoms with Gasteiger partial charge in [0.25, 0.3) is 11.8 Å². The van der Waals surface area contributed by atoms with Gasteiger partial charge >= 0.3 is 12.2 Å². The average molecular weight is 505 g/mol. The van der Waals surface area contributed by atoms with Crippen LogP contribution in [0.4, 0.5) is 15.3 Å². The van der Waals surface area contributed by atoms with Gasteiger partial charge in [-0.15, -0.1) is 0 Å². The first-order chi connectivity index (χ1) is 17.1. The van der Waals surface area contributed by atoms with Crippen molar-refractivity contribution in [2.75, 3.05) is 38.2 Å². The van der Waals surface area contributed by atoms with Gasteiger partial charge in [0.2, 0.25) is 0 Å². The molecule has 0 radical (unpaired) electrons. The van der Waals surface area contributed by atoms with Crippen LogP contribution in [0.15, 0.2) is 12.1 Å². The number of carbonyl (C=O) groups is 4. The van der Waals surface area contributed by atoms with E-state index in [4.69, 9.17) is 4.74 Å². The highest BCUT2D eigenvalue weighted by Gasteiger charge is 2.36. The smallest absolute Gasteiger partial charge is 0.407 e. The number of methoxy groups -OCH3 is 1. The number of benzene rings is 1. The number of nitrogens with zero attached hydrogens (tertiary/aromatic N) is 3. The molecule has 2 heterocycles. The van der Waals surface area contributed by atoms with Crippen molar-refractivity contribution in [2.45, 2.75) is 65.1 Å². The van der Waals surface area contributed by atoms with E-state index in [1.54, 1.807) is 24.0 Å². The molecular weight excluding hydrogens is 468 g/mol. The molecule has 2 aliphatic heterocycles. The van der Waals surface area contributed by atoms with Gasteiger partial charge in [-0.05, 0) is 57.7 Å². The summed E-state index contributed by atoms with van der Waals surface area (Å²) in [6.45, 7) is 8.50. The van der Waals surface area contributed by atoms with Gasteiger partial charge in [-0.25, -0.2) is 9.59 Å². The summed E-state index contributed by atoms with van der Waals surface area (Å²) >= 11 is 0. The highest BCUT2D eigenvalue weighted by molar-refractivity contribution is 6.03. The van der Waals surface area contributed by atoms with Gasteiger partial charge in [0.15, 0.2) is 6.10 Å². The molecule has 4 amide bonds. The Morgan fingerprint density at radius 3 is 2.64 bits per heavy atom. The number of piperidine rings is 1. The molecule has 198 valence electrons. The Morgan fingerprint density at radius 2 is 2.03 bits per heavy atom. The van der Waals surface area contributed by atoms with Crippen LogP contribution in [-0.2, 0) is 16.0 Å². The lowest BCUT2D eigenvalue weighted by Crippen LogP contribution is -2.54. The summed E-state index contributed by atoms with van der Waals surface area (Å²) in [6, 6.07) is 3.08. The summed E-state index contributed by atoms with van der Waals surface area (Å²) in [7, 11) is 1.26. The number of carboxylic acid groups (broad SMARTS) is 1. The molecule has 1 saturated heterocycles. The second-order valence-corrected chi connectivity index (χ2v) is 9.33. The monoisotopic (exact) mass is 504 g/mol. The number of ether oxygens (including phenoxy) is 2. The number of hydrogen-bond donors (Lipinski definition) is 2. The molecular formula is C25H36N4O7. The molecule has 2 aliphatic rings. The van der Waals surface area contributed by atoms with E-state index in [1.807, 2.05) is 20.8 Å². The zero-order valence-corrected chi connectivity index (χ0v) is 21.6. The highest BCUT2D eigenvalue weighted by atomic mass is 16.5. The first kappa shape index (κ1) is 27.1. The molecule has 11 heteroatoms. The predicted octanol–water partition coefficient (Wildman–Crippen LogP) is 2.71. The topological polar surface area (TPSA) is 129 Å². The van der Waals surface area contributed by atoms with E-state index in [2.05, 4.69) is 10.1 Å². The van der Waals surface area contributed by atoms with Gasteiger partial charge in [0.05, 0.1) is 18.8 Å². The second-order valence-electron chi connectivity index (χ2n) is 9.33. The molecule has 0 saturated carbocycles. The average Bonchev–Trinajstić information content (AvgIpc) is 2.85. The summed E-state index contributed by atoms with van der Waals surface area (Å²) in [5.74, 6) is 0.0156. The van der Waals surface area contributed by atoms with Crippen molar-refractivity contribution < 1.29 is 33.8 Å². The predicted molar refractivity (Wildman–Crippen MR) is 133 cm³/mol. The number of alkyl carbamates (subject to hydrolysis) is 1. The molecule has 2 atom stereocenters. The fourth-order valence-corrected chi connectivity index (χ4v) is 4.88. The van der Waals surface area contributed by atoms with Gasteiger partial charge in [-0.1, -0.05) is 6.92 Å². The van der Waals surface area contributed by atoms with Crippen molar-refractivity contribution in [3.63, 3.8) is 0 Å². The summed E-state index contributed by atoms with van der Waals surface area (Å²) < 4.78 is 10.5. The largest absolute Gasteiger partial charge is 0.479 e. The molecule has 0 spiro atoms. The lowest BCUT2D eigenvalue weighted by molar-refractivity contribution is -0.125. The lowest BCUT2D eigenvalue weighted by Gasteiger charge is -2.41. The minimum absolute atomic E-state index is 0.157. The minimum atomic E-state index is -0.986. The molecule has 36 heavy (non-hydrogen) atoms. The van der Waals surface area contributed by atoms with Crippen LogP contribution in [0.5, 0.6) is 5.75 Å². The minimum Gasteiger partial charge on any atom is -0.479 e. The van der Waals surface area contributed by atoms with Crippen LogP contribution in [0.2, 0.25) is 0 Å². The first-order valence-electron chi connectivity index (χ1n) is 12.4. The first-order valence-corrected chi connectivity index (χ1v) is 12.4. The van der Waals surface area contributed by atoms with Crippen LogP contribution in [0.1, 0.15) is 56.5 Å². The molecule has 3 rings (SSSR count). The van der Waals surface area contributed by atoms with E-state index < -0.39 is 18.3 Å². The Morgan fingerprint density at radius 1 is 1.31 bits per heavy atom. The van der Waals surface area contributed by atoms with E-state index in [0.29, 0.717) is 42.8 Å². The number of aryl methyl sites for hydroxylation is 1. The van der Waals surface area contributed by atoms with Crippen LogP contribution in [0.25, 0.3) is 0 Å². The molecule has 1 aromatic rings. The Balaban J connectivity index is 1.97. The van der Waals surface area contributed by atoms with Crippen molar-refractivity contribution in [1.29, 1.82) is 0 Å². The third-order valence-electron chi connectivity index (χ3n) is 6.65. The molecule has 0 unspecified atom stereocenters. The summed E-state index contributed by atoms with van der Waals surface area (Å²) in [6.07, 6.45) is -0.332. The van der Waals surface area contributed by atoms with E-state index >= 15 is 0 Å². The Labute approximate surface area is 211 Å². The normalized spacial score (nSPS) is 19.4. The van der Waals surface area contributed by atoms with Gasteiger partial charge in [0, 0.05) is 37.8 Å². The van der Waals surface area contributed by atoms with Crippen LogP contribution >= 0.6 is 0 Å². The fraction of sp³-hybridized carbons (Fsp3) is 0.600. The zero-order chi connectivity index (χ0) is 26.6. The van der Waals surface area contributed by atoms with Crippen molar-refractivity contribution in [3.8, 4) is 5.75 Å². The van der Waals surface area contributed by atoms with E-state index in [9.17, 15) is 24.3 Å². The SMILES string of the molecule is CCc1cc2c(cc1C(=O)N(C(C)C)[C@@H]1CCCN(C(=O)O)C1)N(CCNC(=O)OC)C(=O)[C@@H](C)O2. The number of rotatable bonds is 7. The summed E-state index contributed by atoms with van der Waals surface area (Å²) in [5.41, 5.74) is 1.70. The van der Waals surface area contributed by atoms with Gasteiger partial charge in [0.1, 0.15) is 5.75 Å². The highest BCUT2D eigenvalue weighted by Crippen LogP contribution is 2.37. The van der Waals surface area contributed by atoms with Gasteiger partial charge < -0.3 is 34.6 Å². The molecule has 0 aromatic heterocycles. The maximum Gasteiger partial charge on any atom is 0.407 e. The third kappa shape index (κ3) is 5.66. The molecule has 1 aromatic carbocycles. The molecule has 11 nitrogen and oxygen atoms in total. The second kappa shape index (κ2) is 11.5. The number of anilines is 1. The standard InChI is InChI=1S/C25H36N4O7/c1-6-17-12-21-20(28(22(30)16(4)36-21)11-9-26-24(32)35-5)13-19(17)23(31)29(15(2)3)18-8-7-10-27(14-18)25(33)34/h12-13,15-16,18H,6-11,14H2,1-5H3,(H,26,32)(H,33,34)/t16-,18-/m1/s1. The van der Waals surface area contributed by atoms with Crippen LogP contribution in [0, 0.1) is 0 Å². The lowest BCUT2D eigenvalue weighted by atomic mass is 9.97. The summed E-state index contributed by atoms with van der Waals surface area (Å²) in [5, 5.41) is 12.1.